The topological polar surface area (TPSA) is 491 Å². The van der Waals surface area contributed by atoms with E-state index in [4.69, 9.17) is 28.8 Å². The predicted octanol–water partition coefficient (Wildman–Crippen LogP) is 13.6. The fraction of sp³-hybridized carbons (Fsp3) is 0.494. The Morgan fingerprint density at radius 2 is 1.11 bits per heavy atom. The third-order valence-corrected chi connectivity index (χ3v) is 19.1. The molecule has 642 valence electrons. The molecule has 9 aromatic heterocycles. The van der Waals surface area contributed by atoms with Crippen LogP contribution in [0.1, 0.15) is 175 Å². The number of amides is 1. The van der Waals surface area contributed by atoms with Crippen molar-refractivity contribution in [3.8, 4) is 11.6 Å². The van der Waals surface area contributed by atoms with Gasteiger partial charge in [-0.3, -0.25) is 29.3 Å². The van der Waals surface area contributed by atoms with Crippen LogP contribution in [0, 0.1) is 16.0 Å². The summed E-state index contributed by atoms with van der Waals surface area (Å²) in [7, 11) is 0. The zero-order valence-electron chi connectivity index (χ0n) is 69.1. The van der Waals surface area contributed by atoms with Gasteiger partial charge in [-0.25, -0.2) is 29.6 Å². The van der Waals surface area contributed by atoms with E-state index in [1.54, 1.807) is 31.6 Å². The number of ether oxygens (including phenoxy) is 3. The lowest BCUT2D eigenvalue weighted by atomic mass is 9.84. The molecule has 13 rings (SSSR count). The van der Waals surface area contributed by atoms with Crippen molar-refractivity contribution in [3.05, 3.63) is 119 Å². The Labute approximate surface area is 692 Å². The normalized spacial score (nSPS) is 12.9. The molecule has 1 saturated carbocycles. The first-order valence-corrected chi connectivity index (χ1v) is 40.7. The maximum absolute atomic E-state index is 13.1. The van der Waals surface area contributed by atoms with Crippen molar-refractivity contribution in [2.45, 2.75) is 202 Å². The van der Waals surface area contributed by atoms with Gasteiger partial charge in [-0.15, -0.1) is 0 Å². The second kappa shape index (κ2) is 44.0. The van der Waals surface area contributed by atoms with Crippen molar-refractivity contribution in [1.29, 1.82) is 0 Å². The summed E-state index contributed by atoms with van der Waals surface area (Å²) in [5.74, 6) is 1.33. The smallest absolute Gasteiger partial charge is 0.417 e. The molecule has 0 atom stereocenters. The van der Waals surface area contributed by atoms with Crippen LogP contribution >= 0.6 is 0 Å². The summed E-state index contributed by atoms with van der Waals surface area (Å²) in [5.41, 5.74) is 5.09. The molecule has 11 aromatic rings. The molecule has 1 amide bonds. The number of nitrogens with one attached hydrogen (secondary N) is 5. The monoisotopic (exact) mass is 1660 g/mol. The van der Waals surface area contributed by atoms with Crippen molar-refractivity contribution in [1.82, 2.24) is 78.1 Å². The maximum atomic E-state index is 13.1. The van der Waals surface area contributed by atoms with Gasteiger partial charge in [0.2, 0.25) is 23.8 Å². The lowest BCUT2D eigenvalue weighted by Gasteiger charge is -2.28. The highest BCUT2D eigenvalue weighted by Crippen LogP contribution is 2.35. The van der Waals surface area contributed by atoms with Crippen LogP contribution in [-0.4, -0.2) is 191 Å². The molecular weight excluding hydrogens is 1550 g/mol. The minimum Gasteiger partial charge on any atom is -0.480 e. The number of rotatable bonds is 38. The highest BCUT2D eigenvalue weighted by molar-refractivity contribution is 5.90. The first-order valence-electron chi connectivity index (χ1n) is 40.7. The fourth-order valence-corrected chi connectivity index (χ4v) is 13.1. The summed E-state index contributed by atoms with van der Waals surface area (Å²) < 4.78 is 28.0. The van der Waals surface area contributed by atoms with Gasteiger partial charge in [0, 0.05) is 51.9 Å². The number of aromatic nitrogens is 16. The molecule has 0 radical (unpaired) electrons. The molecule has 120 heavy (non-hydrogen) atoms. The summed E-state index contributed by atoms with van der Waals surface area (Å²) in [4.78, 5) is 125. The average molecular weight is 1660 g/mol. The van der Waals surface area contributed by atoms with Crippen LogP contribution in [0.4, 0.5) is 51.7 Å². The number of imidazole rings is 4. The fourth-order valence-electron chi connectivity index (χ4n) is 13.1. The zero-order chi connectivity index (χ0) is 85.7. The number of nitro groups is 1. The second-order valence-corrected chi connectivity index (χ2v) is 30.3. The van der Waals surface area contributed by atoms with Crippen molar-refractivity contribution >= 4 is 122 Å². The van der Waals surface area contributed by atoms with Gasteiger partial charge < -0.3 is 88.8 Å². The van der Waals surface area contributed by atoms with Crippen LogP contribution in [0.3, 0.4) is 0 Å². The van der Waals surface area contributed by atoms with Crippen LogP contribution in [0.2, 0.25) is 0 Å². The number of aliphatic carboxylic acids is 4. The van der Waals surface area contributed by atoms with Crippen molar-refractivity contribution in [2.24, 2.45) is 5.92 Å². The van der Waals surface area contributed by atoms with Gasteiger partial charge in [-0.1, -0.05) is 123 Å². The van der Waals surface area contributed by atoms with E-state index >= 15 is 0 Å². The number of morpholine rings is 1. The number of unbranched alkanes of at least 4 members (excludes halogenated alkanes) is 6. The predicted molar refractivity (Wildman–Crippen MR) is 451 cm³/mol. The SMILES string of the molecule is CCCCCN(C(=O)OC(C)(C)C)c1nc(Oc2cccc([N+](=O)[O-])c2)c2ncn(CC(=O)O)c2n1.CCCCCNc1nc(N2CCOCC2)c2ncn(CC(=O)O)c2n1.CCCCCNc1nc(NCCC(C)C)c2ncn(CC(=O)O)c2n1.O=C(O)Cn1cnc2c(NCc3ccco3)nc(NCc3ccc(C4CCCCC4)cc3)nc21. The number of non-ortho nitro benzene ring substituents is 1. The molecule has 2 fully saturated rings. The molecule has 1 aliphatic carbocycles. The third-order valence-electron chi connectivity index (χ3n) is 19.1. The molecule has 10 heterocycles. The van der Waals surface area contributed by atoms with Crippen LogP contribution in [-0.2, 0) is 67.9 Å². The van der Waals surface area contributed by atoms with E-state index in [0.29, 0.717) is 108 Å². The molecular formula is C81H108N24O15. The zero-order valence-corrected chi connectivity index (χ0v) is 69.1. The quantitative estimate of drug-likeness (QED) is 0.00986. The Morgan fingerprint density at radius 1 is 0.583 bits per heavy atom. The molecule has 2 aromatic carbocycles. The van der Waals surface area contributed by atoms with Gasteiger partial charge in [0.1, 0.15) is 43.3 Å². The number of hydrogen-bond donors (Lipinski definition) is 9. The highest BCUT2D eigenvalue weighted by Gasteiger charge is 2.30. The van der Waals surface area contributed by atoms with E-state index in [1.165, 1.54) is 106 Å². The van der Waals surface area contributed by atoms with Gasteiger partial charge in [0.05, 0.1) is 62.3 Å². The lowest BCUT2D eigenvalue weighted by Crippen LogP contribution is -2.38. The van der Waals surface area contributed by atoms with Crippen LogP contribution in [0.15, 0.2) is 96.7 Å². The molecule has 9 N–H and O–H groups in total. The molecule has 0 unspecified atom stereocenters. The standard InChI is InChI=1S/C25H28N6O3.C23H28N6O7.C17H28N6O2.C16H24N6O3/c32-21(33)15-31-16-28-22-23(26-14-20-7-4-12-34-20)29-25(30-24(22)31)27-13-17-8-10-19(11-9-17)18-5-2-1-3-6-18;1-5-6-7-11-28(22(32)36-23(2,3)4)21-25-19-18(24-14-27(19)13-17(30)31)20(26-21)35-16-10-8-9-15(12-16)29(33)34;1-4-5-6-8-19-17-21-15(18-9-7-12(2)3)14-16(22-17)23(11-20-14)10-13(24)25;1-2-3-4-5-17-16-19-14(21-6-8-25-9-7-21)13-15(20-16)22(11-18-13)10-12(23)24/h4,7-12,16,18H,1-3,5-6,13-15H2,(H,32,33)(H2,26,27,29,30);8-10,12,14H,5-7,11,13H2,1-4H3,(H,30,31);11-12H,4-10H2,1-3H3,(H,24,25)(H2,18,19,21,22);11H,2-10H2,1H3,(H,23,24)(H,17,19,20). The van der Waals surface area contributed by atoms with E-state index in [-0.39, 0.29) is 60.6 Å². The number of carboxylic acid groups (broad SMARTS) is 4. The van der Waals surface area contributed by atoms with E-state index in [2.05, 4.69) is 143 Å². The number of furan rings is 1. The number of hydrogen-bond acceptors (Lipinski definition) is 29. The Hall–Kier alpha value is -13.0. The maximum Gasteiger partial charge on any atom is 0.417 e. The van der Waals surface area contributed by atoms with Gasteiger partial charge in [-0.2, -0.15) is 39.9 Å². The number of fused-ring (bicyclic) bond motifs is 4. The molecule has 39 nitrogen and oxygen atoms in total. The Morgan fingerprint density at radius 3 is 1.64 bits per heavy atom. The molecule has 1 aliphatic heterocycles. The number of carboxylic acids is 4. The second-order valence-electron chi connectivity index (χ2n) is 30.3. The van der Waals surface area contributed by atoms with E-state index in [0.717, 1.165) is 108 Å². The Kier molecular flexibility index (Phi) is 32.8. The van der Waals surface area contributed by atoms with E-state index in [9.17, 15) is 44.3 Å². The van der Waals surface area contributed by atoms with Gasteiger partial charge in [-0.05, 0) is 100 Å². The number of carbonyl (C=O) groups excluding carboxylic acids is 1. The van der Waals surface area contributed by atoms with Crippen molar-refractivity contribution in [2.75, 3.05) is 88.9 Å². The number of anilines is 7. The minimum absolute atomic E-state index is 0.0691. The largest absolute Gasteiger partial charge is 0.480 e. The molecule has 0 bridgehead atoms. The number of nitro benzene ring substituents is 1. The molecule has 0 spiro atoms. The summed E-state index contributed by atoms with van der Waals surface area (Å²) >= 11 is 0. The van der Waals surface area contributed by atoms with E-state index < -0.39 is 47.0 Å². The average Bonchev–Trinajstić information content (AvgIpc) is 1.63. The number of nitrogens with zero attached hydrogens (tertiary/aromatic N) is 19. The molecule has 39 heteroatoms. The number of benzene rings is 2. The van der Waals surface area contributed by atoms with E-state index in [1.807, 2.05) is 19.1 Å². The number of carbonyl (C=O) groups is 5. The highest BCUT2D eigenvalue weighted by atomic mass is 16.6. The summed E-state index contributed by atoms with van der Waals surface area (Å²) in [6, 6.07) is 17.9. The molecule has 1 saturated heterocycles. The van der Waals surface area contributed by atoms with Crippen LogP contribution in [0.25, 0.3) is 44.7 Å². The Balaban J connectivity index is 0.000000170. The first kappa shape index (κ1) is 89.4. The van der Waals surface area contributed by atoms with Gasteiger partial charge in [0.25, 0.3) is 11.6 Å². The lowest BCUT2D eigenvalue weighted by molar-refractivity contribution is -0.384. The third kappa shape index (κ3) is 26.3. The van der Waals surface area contributed by atoms with Gasteiger partial charge >= 0.3 is 30.0 Å². The Bertz CT molecular complexity index is 5190. The van der Waals surface area contributed by atoms with Gasteiger partial charge in [0.15, 0.2) is 62.1 Å². The van der Waals surface area contributed by atoms with Crippen molar-refractivity contribution in [3.63, 3.8) is 0 Å². The van der Waals surface area contributed by atoms with Crippen molar-refractivity contribution < 1.29 is 67.9 Å². The van der Waals surface area contributed by atoms with Crippen LogP contribution < -0.4 is 41.1 Å². The molecule has 2 aliphatic rings. The minimum atomic E-state index is -1.12. The summed E-state index contributed by atoms with van der Waals surface area (Å²) in [6.07, 6.45) is 23.3. The van der Waals surface area contributed by atoms with Crippen LogP contribution in [0.5, 0.6) is 11.6 Å². The summed E-state index contributed by atoms with van der Waals surface area (Å²) in [5, 5.41) is 64.2. The summed E-state index contributed by atoms with van der Waals surface area (Å²) in [6.45, 7) is 21.2. The first-order chi connectivity index (χ1) is 57.8.